The molecule has 0 saturated carbocycles. The van der Waals surface area contributed by atoms with Gasteiger partial charge in [-0.2, -0.15) is 0 Å². The summed E-state index contributed by atoms with van der Waals surface area (Å²) in [5, 5.41) is 12.9. The van der Waals surface area contributed by atoms with E-state index >= 15 is 0 Å². The molecule has 0 saturated heterocycles. The summed E-state index contributed by atoms with van der Waals surface area (Å²) in [7, 11) is 2.49. The molecule has 0 aliphatic carbocycles. The number of esters is 2. The smallest absolute Gasteiger partial charge is 0.408 e. The molecular formula is C42H60N6O11. The maximum atomic E-state index is 13.1. The van der Waals surface area contributed by atoms with E-state index in [1.807, 2.05) is 50.2 Å². The summed E-state index contributed by atoms with van der Waals surface area (Å²) < 4.78 is 15.5. The molecule has 2 aromatic carbocycles. The summed E-state index contributed by atoms with van der Waals surface area (Å²) in [6, 6.07) is 13.9. The molecule has 0 unspecified atom stereocenters. The summed E-state index contributed by atoms with van der Waals surface area (Å²) >= 11 is 0. The lowest BCUT2D eigenvalue weighted by atomic mass is 10.0. The Bertz CT molecular complexity index is 1720. The van der Waals surface area contributed by atoms with Gasteiger partial charge < -0.3 is 45.7 Å². The van der Waals surface area contributed by atoms with Crippen LogP contribution in [0.1, 0.15) is 78.4 Å². The minimum Gasteiger partial charge on any atom is -0.467 e. The third-order valence-corrected chi connectivity index (χ3v) is 8.52. The molecule has 5 N–H and O–H groups in total. The van der Waals surface area contributed by atoms with Crippen LogP contribution in [-0.4, -0.2) is 109 Å². The van der Waals surface area contributed by atoms with Gasteiger partial charge >= 0.3 is 18.0 Å². The van der Waals surface area contributed by atoms with E-state index in [9.17, 15) is 38.4 Å². The topological polar surface area (TPSA) is 228 Å². The van der Waals surface area contributed by atoms with E-state index in [-0.39, 0.29) is 44.8 Å². The second-order valence-electron chi connectivity index (χ2n) is 15.4. The highest BCUT2D eigenvalue weighted by Crippen LogP contribution is 2.11. The molecule has 17 heteroatoms. The van der Waals surface area contributed by atoms with Crippen LogP contribution < -0.4 is 26.6 Å². The standard InChI is InChI=1S/C42H60N6O11/c1-27(2)23-33(40(55)58-26-30-17-13-10-14-18-30)46-37(52)28(3)44-35(50)25-48(7)36(51)20-19-31(39(54)57-8)45-34(49)21-22-43-38(53)32(24-29-15-11-9-12-16-29)47-41(56)59-42(4,5)6/h9-18,27-28,31-33H,19-26H2,1-8H3,(H,43,53)(H,44,50)(H,45,49)(H,46,52)(H,47,56)/t28-,31-,32+,33+/m1/s1. The number of nitrogens with one attached hydrogen (secondary N) is 5. The Morgan fingerprint density at radius 1 is 0.695 bits per heavy atom. The Balaban J connectivity index is 1.87. The summed E-state index contributed by atoms with van der Waals surface area (Å²) in [5.41, 5.74) is 0.784. The van der Waals surface area contributed by atoms with Crippen molar-refractivity contribution in [2.24, 2.45) is 5.92 Å². The van der Waals surface area contributed by atoms with Gasteiger partial charge in [-0.3, -0.25) is 24.0 Å². The molecule has 0 radical (unpaired) electrons. The molecule has 6 amide bonds. The van der Waals surface area contributed by atoms with Gasteiger partial charge in [0, 0.05) is 32.9 Å². The van der Waals surface area contributed by atoms with Gasteiger partial charge in [0.05, 0.1) is 13.7 Å². The zero-order chi connectivity index (χ0) is 44.1. The maximum absolute atomic E-state index is 13.1. The zero-order valence-electron chi connectivity index (χ0n) is 35.3. The molecule has 0 aromatic heterocycles. The average Bonchev–Trinajstić information content (AvgIpc) is 3.17. The number of nitrogens with zero attached hydrogens (tertiary/aromatic N) is 1. The molecule has 4 atom stereocenters. The largest absolute Gasteiger partial charge is 0.467 e. The molecule has 2 rings (SSSR count). The summed E-state index contributed by atoms with van der Waals surface area (Å²) in [4.78, 5) is 104. The number of rotatable bonds is 22. The minimum absolute atomic E-state index is 0.0391. The number of carbonyl (C=O) groups excluding carboxylic acids is 8. The van der Waals surface area contributed by atoms with Crippen molar-refractivity contribution in [2.75, 3.05) is 27.2 Å². The van der Waals surface area contributed by atoms with Gasteiger partial charge in [0.1, 0.15) is 36.4 Å². The van der Waals surface area contributed by atoms with Crippen LogP contribution in [0.2, 0.25) is 0 Å². The molecule has 17 nitrogen and oxygen atoms in total. The predicted molar refractivity (Wildman–Crippen MR) is 217 cm³/mol. The van der Waals surface area contributed by atoms with Crippen LogP contribution in [0.5, 0.6) is 0 Å². The Kier molecular flexibility index (Phi) is 20.6. The highest BCUT2D eigenvalue weighted by molar-refractivity contribution is 5.92. The number of carbonyl (C=O) groups is 8. The van der Waals surface area contributed by atoms with Gasteiger partial charge in [-0.05, 0) is 57.6 Å². The molecular weight excluding hydrogens is 764 g/mol. The zero-order valence-corrected chi connectivity index (χ0v) is 35.3. The number of benzene rings is 2. The fourth-order valence-corrected chi connectivity index (χ4v) is 5.52. The van der Waals surface area contributed by atoms with E-state index in [1.165, 1.54) is 14.0 Å². The number of ether oxygens (including phenoxy) is 3. The van der Waals surface area contributed by atoms with E-state index in [1.54, 1.807) is 45.0 Å². The molecule has 324 valence electrons. The van der Waals surface area contributed by atoms with Gasteiger partial charge in [-0.1, -0.05) is 74.5 Å². The molecule has 0 fully saturated rings. The fraction of sp³-hybridized carbons (Fsp3) is 0.524. The molecule has 0 aliphatic rings. The van der Waals surface area contributed by atoms with Crippen LogP contribution in [-0.2, 0) is 60.8 Å². The number of likely N-dealkylation sites (N-methyl/N-ethyl adjacent to an activating group) is 1. The Morgan fingerprint density at radius 2 is 1.31 bits per heavy atom. The van der Waals surface area contributed by atoms with Crippen LogP contribution in [0.4, 0.5) is 4.79 Å². The number of hydrogen-bond acceptors (Lipinski definition) is 11. The number of hydrogen-bond donors (Lipinski definition) is 5. The normalized spacial score (nSPS) is 13.0. The summed E-state index contributed by atoms with van der Waals surface area (Å²) in [6.45, 7) is 9.79. The van der Waals surface area contributed by atoms with Gasteiger partial charge in [0.25, 0.3) is 0 Å². The Labute approximate surface area is 346 Å². The van der Waals surface area contributed by atoms with E-state index in [0.29, 0.717) is 6.42 Å². The van der Waals surface area contributed by atoms with E-state index < -0.39 is 83.9 Å². The number of alkyl carbamates (subject to hydrolysis) is 1. The lowest BCUT2D eigenvalue weighted by molar-refractivity contribution is -0.150. The van der Waals surface area contributed by atoms with Crippen LogP contribution >= 0.6 is 0 Å². The first kappa shape index (κ1) is 49.1. The fourth-order valence-electron chi connectivity index (χ4n) is 5.52. The van der Waals surface area contributed by atoms with Crippen molar-refractivity contribution >= 4 is 47.6 Å². The van der Waals surface area contributed by atoms with Crippen LogP contribution in [0.3, 0.4) is 0 Å². The molecule has 0 bridgehead atoms. The van der Waals surface area contributed by atoms with Crippen LogP contribution in [0.25, 0.3) is 0 Å². The third-order valence-electron chi connectivity index (χ3n) is 8.52. The number of amides is 6. The Morgan fingerprint density at radius 3 is 1.88 bits per heavy atom. The highest BCUT2D eigenvalue weighted by atomic mass is 16.6. The van der Waals surface area contributed by atoms with Crippen molar-refractivity contribution in [3.05, 3.63) is 71.8 Å². The quantitative estimate of drug-likeness (QED) is 0.0855. The van der Waals surface area contributed by atoms with Crippen molar-refractivity contribution in [1.29, 1.82) is 0 Å². The molecule has 0 aliphatic heterocycles. The van der Waals surface area contributed by atoms with Gasteiger partial charge in [-0.15, -0.1) is 0 Å². The second-order valence-corrected chi connectivity index (χ2v) is 15.4. The molecule has 0 spiro atoms. The minimum atomic E-state index is -1.21. The van der Waals surface area contributed by atoms with Gasteiger partial charge in [0.2, 0.25) is 29.5 Å². The van der Waals surface area contributed by atoms with Crippen molar-refractivity contribution < 1.29 is 52.6 Å². The number of methoxy groups -OCH3 is 1. The van der Waals surface area contributed by atoms with E-state index in [4.69, 9.17) is 14.2 Å². The second kappa shape index (κ2) is 24.7. The van der Waals surface area contributed by atoms with E-state index in [0.717, 1.165) is 23.1 Å². The first-order valence-electron chi connectivity index (χ1n) is 19.5. The van der Waals surface area contributed by atoms with Crippen LogP contribution in [0, 0.1) is 5.92 Å². The monoisotopic (exact) mass is 824 g/mol. The van der Waals surface area contributed by atoms with Crippen molar-refractivity contribution in [3.8, 4) is 0 Å². The van der Waals surface area contributed by atoms with Gasteiger partial charge in [0.15, 0.2) is 0 Å². The van der Waals surface area contributed by atoms with Crippen molar-refractivity contribution in [1.82, 2.24) is 31.5 Å². The van der Waals surface area contributed by atoms with E-state index in [2.05, 4.69) is 26.6 Å². The first-order valence-corrected chi connectivity index (χ1v) is 19.5. The highest BCUT2D eigenvalue weighted by Gasteiger charge is 2.29. The van der Waals surface area contributed by atoms with Gasteiger partial charge in [-0.25, -0.2) is 14.4 Å². The molecule has 2 aromatic rings. The lowest BCUT2D eigenvalue weighted by Gasteiger charge is -2.23. The molecule has 59 heavy (non-hydrogen) atoms. The summed E-state index contributed by atoms with van der Waals surface area (Å²) in [6.07, 6.45) is -0.965. The predicted octanol–water partition coefficient (Wildman–Crippen LogP) is 2.30. The third kappa shape index (κ3) is 19.8. The molecule has 0 heterocycles. The summed E-state index contributed by atoms with van der Waals surface area (Å²) in [5.74, 6) is -4.34. The first-order chi connectivity index (χ1) is 27.8. The van der Waals surface area contributed by atoms with Crippen LogP contribution in [0.15, 0.2) is 60.7 Å². The maximum Gasteiger partial charge on any atom is 0.408 e. The van der Waals surface area contributed by atoms with Crippen molar-refractivity contribution in [3.63, 3.8) is 0 Å². The Hall–Kier alpha value is -6.00. The van der Waals surface area contributed by atoms with Crippen molar-refractivity contribution in [2.45, 2.75) is 110 Å². The lowest BCUT2D eigenvalue weighted by Crippen LogP contribution is -2.52. The average molecular weight is 825 g/mol. The SMILES string of the molecule is COC(=O)[C@@H](CCC(=O)N(C)CC(=O)N[C@H](C)C(=O)N[C@@H](CC(C)C)C(=O)OCc1ccccc1)NC(=O)CCNC(=O)[C@H](Cc1ccccc1)NC(=O)OC(C)(C)C.